The molecule has 7 nitrogen and oxygen atoms in total. The molecule has 0 saturated carbocycles. The Labute approximate surface area is 146 Å². The normalized spacial score (nSPS) is 11.9. The van der Waals surface area contributed by atoms with E-state index in [-0.39, 0.29) is 5.16 Å². The number of carbonyl (C=O) groups excluding carboxylic acids is 1. The van der Waals surface area contributed by atoms with Gasteiger partial charge in [0.25, 0.3) is 0 Å². The van der Waals surface area contributed by atoms with Gasteiger partial charge in [-0.1, -0.05) is 6.07 Å². The second-order valence-corrected chi connectivity index (χ2v) is 6.22. The van der Waals surface area contributed by atoms with Crippen molar-refractivity contribution in [1.82, 2.24) is 15.0 Å². The van der Waals surface area contributed by atoms with E-state index < -0.39 is 16.8 Å². The van der Waals surface area contributed by atoms with Crippen LogP contribution in [0.1, 0.15) is 17.3 Å². The number of ether oxygens (including phenoxy) is 2. The lowest BCUT2D eigenvalue weighted by molar-refractivity contribution is 0.0603. The Bertz CT molecular complexity index is 962. The molecule has 0 aliphatic heterocycles. The van der Waals surface area contributed by atoms with Crippen LogP contribution in [0.2, 0.25) is 0 Å². The molecule has 1 atom stereocenters. The minimum Gasteiger partial charge on any atom is -0.478 e. The molecule has 2 aromatic heterocycles. The van der Waals surface area contributed by atoms with Crippen molar-refractivity contribution in [3.8, 4) is 5.88 Å². The predicted octanol–water partition coefficient (Wildman–Crippen LogP) is 2.38. The van der Waals surface area contributed by atoms with E-state index in [1.54, 1.807) is 36.5 Å². The molecule has 0 radical (unpaired) electrons. The molecule has 0 spiro atoms. The molecule has 0 amide bonds. The van der Waals surface area contributed by atoms with Crippen LogP contribution in [0.15, 0.2) is 52.8 Å². The number of carbonyl (C=O) groups is 1. The Kier molecular flexibility index (Phi) is 4.99. The molecule has 25 heavy (non-hydrogen) atoms. The SMILES string of the molecule is CCOc1ccnc([S@@](=O)c2ccc(C(=O)OC)c3cccnc23)n1. The van der Waals surface area contributed by atoms with Crippen molar-refractivity contribution >= 4 is 27.7 Å². The van der Waals surface area contributed by atoms with Crippen LogP contribution in [0, 0.1) is 0 Å². The van der Waals surface area contributed by atoms with Gasteiger partial charge in [0.1, 0.15) is 10.8 Å². The Balaban J connectivity index is 2.11. The summed E-state index contributed by atoms with van der Waals surface area (Å²) in [4.78, 5) is 24.9. The highest BCUT2D eigenvalue weighted by Gasteiger charge is 2.19. The third-order valence-corrected chi connectivity index (χ3v) is 4.66. The third kappa shape index (κ3) is 3.34. The van der Waals surface area contributed by atoms with Crippen molar-refractivity contribution in [1.29, 1.82) is 0 Å². The van der Waals surface area contributed by atoms with Crippen molar-refractivity contribution in [2.24, 2.45) is 0 Å². The van der Waals surface area contributed by atoms with Crippen molar-refractivity contribution in [3.63, 3.8) is 0 Å². The van der Waals surface area contributed by atoms with Crippen molar-refractivity contribution in [2.75, 3.05) is 13.7 Å². The highest BCUT2D eigenvalue weighted by molar-refractivity contribution is 7.85. The van der Waals surface area contributed by atoms with Crippen molar-refractivity contribution < 1.29 is 18.5 Å². The van der Waals surface area contributed by atoms with E-state index in [1.165, 1.54) is 13.3 Å². The van der Waals surface area contributed by atoms with E-state index in [0.717, 1.165) is 0 Å². The van der Waals surface area contributed by atoms with E-state index in [0.29, 0.717) is 33.8 Å². The summed E-state index contributed by atoms with van der Waals surface area (Å²) in [6, 6.07) is 8.17. The molecule has 1 aromatic carbocycles. The molecule has 0 saturated heterocycles. The zero-order valence-electron chi connectivity index (χ0n) is 13.6. The zero-order valence-corrected chi connectivity index (χ0v) is 14.4. The summed E-state index contributed by atoms with van der Waals surface area (Å²) in [5.74, 6) is -0.130. The van der Waals surface area contributed by atoms with Gasteiger partial charge in [0, 0.05) is 23.8 Å². The Hall–Kier alpha value is -2.87. The Morgan fingerprint density at radius 3 is 2.76 bits per heavy atom. The molecule has 2 heterocycles. The van der Waals surface area contributed by atoms with Gasteiger partial charge in [-0.25, -0.2) is 14.0 Å². The lowest BCUT2D eigenvalue weighted by Crippen LogP contribution is -2.06. The fourth-order valence-corrected chi connectivity index (χ4v) is 3.38. The van der Waals surface area contributed by atoms with Gasteiger partial charge < -0.3 is 9.47 Å². The van der Waals surface area contributed by atoms with Crippen LogP contribution in [0.25, 0.3) is 10.9 Å². The van der Waals surface area contributed by atoms with E-state index in [4.69, 9.17) is 9.47 Å². The molecule has 0 fully saturated rings. The number of rotatable bonds is 5. The van der Waals surface area contributed by atoms with Crippen molar-refractivity contribution in [3.05, 3.63) is 48.3 Å². The molecule has 0 aliphatic carbocycles. The average molecular weight is 357 g/mol. The molecule has 0 aliphatic rings. The molecular weight excluding hydrogens is 342 g/mol. The minimum atomic E-state index is -1.68. The fourth-order valence-electron chi connectivity index (χ4n) is 2.33. The third-order valence-electron chi connectivity index (χ3n) is 3.40. The van der Waals surface area contributed by atoms with Gasteiger partial charge in [-0.05, 0) is 25.1 Å². The van der Waals surface area contributed by atoms with Gasteiger partial charge in [0.2, 0.25) is 11.0 Å². The first-order valence-electron chi connectivity index (χ1n) is 7.49. The van der Waals surface area contributed by atoms with E-state index in [9.17, 15) is 9.00 Å². The number of fused-ring (bicyclic) bond motifs is 1. The molecule has 3 aromatic rings. The van der Waals surface area contributed by atoms with Gasteiger partial charge in [-0.3, -0.25) is 4.98 Å². The van der Waals surface area contributed by atoms with Gasteiger partial charge in [0.15, 0.2) is 0 Å². The summed E-state index contributed by atoms with van der Waals surface area (Å²) in [6.07, 6.45) is 3.06. The lowest BCUT2D eigenvalue weighted by Gasteiger charge is -2.09. The van der Waals surface area contributed by atoms with Crippen LogP contribution < -0.4 is 4.74 Å². The van der Waals surface area contributed by atoms with Gasteiger partial charge >= 0.3 is 5.97 Å². The maximum atomic E-state index is 12.9. The van der Waals surface area contributed by atoms with Gasteiger partial charge in [0.05, 0.1) is 29.7 Å². The van der Waals surface area contributed by atoms with E-state index in [1.807, 2.05) is 6.92 Å². The first kappa shape index (κ1) is 17.0. The number of benzene rings is 1. The zero-order chi connectivity index (χ0) is 17.8. The largest absolute Gasteiger partial charge is 0.478 e. The summed E-state index contributed by atoms with van der Waals surface area (Å²) < 4.78 is 23.1. The number of nitrogens with zero attached hydrogens (tertiary/aromatic N) is 3. The molecule has 0 N–H and O–H groups in total. The van der Waals surface area contributed by atoms with Crippen LogP contribution >= 0.6 is 0 Å². The molecule has 0 unspecified atom stereocenters. The van der Waals surface area contributed by atoms with Gasteiger partial charge in [-0.2, -0.15) is 4.98 Å². The monoisotopic (exact) mass is 357 g/mol. The Morgan fingerprint density at radius 2 is 2.00 bits per heavy atom. The van der Waals surface area contributed by atoms with Gasteiger partial charge in [-0.15, -0.1) is 0 Å². The highest BCUT2D eigenvalue weighted by atomic mass is 32.2. The smallest absolute Gasteiger partial charge is 0.338 e. The van der Waals surface area contributed by atoms with E-state index >= 15 is 0 Å². The Morgan fingerprint density at radius 1 is 1.16 bits per heavy atom. The second kappa shape index (κ2) is 7.35. The predicted molar refractivity (Wildman–Crippen MR) is 91.0 cm³/mol. The standard InChI is InChI=1S/C17H15N3O4S/c1-3-24-14-8-10-19-17(20-14)25(22)13-7-6-12(16(21)23-2)11-5-4-9-18-15(11)13/h4-10H,3H2,1-2H3/t25-/m0/s1. The summed E-state index contributed by atoms with van der Waals surface area (Å²) in [7, 11) is -0.366. The van der Waals surface area contributed by atoms with Crippen LogP contribution in [-0.4, -0.2) is 38.8 Å². The van der Waals surface area contributed by atoms with Crippen molar-refractivity contribution in [2.45, 2.75) is 17.0 Å². The summed E-state index contributed by atoms with van der Waals surface area (Å²) in [6.45, 7) is 2.28. The summed E-state index contributed by atoms with van der Waals surface area (Å²) >= 11 is 0. The first-order valence-corrected chi connectivity index (χ1v) is 8.64. The number of hydrogen-bond acceptors (Lipinski definition) is 7. The van der Waals surface area contributed by atoms with Crippen LogP contribution in [0.3, 0.4) is 0 Å². The average Bonchev–Trinajstić information content (AvgIpc) is 2.66. The topological polar surface area (TPSA) is 91.3 Å². The quantitative estimate of drug-likeness (QED) is 0.511. The maximum absolute atomic E-state index is 12.9. The molecule has 3 rings (SSSR count). The first-order chi connectivity index (χ1) is 12.2. The highest BCUT2D eigenvalue weighted by Crippen LogP contribution is 2.26. The second-order valence-electron chi connectivity index (χ2n) is 4.88. The number of pyridine rings is 1. The fraction of sp³-hybridized carbons (Fsp3) is 0.176. The molecule has 8 heteroatoms. The molecular formula is C17H15N3O4S. The van der Waals surface area contributed by atoms with Crippen LogP contribution in [0.4, 0.5) is 0 Å². The van der Waals surface area contributed by atoms with Crippen LogP contribution in [-0.2, 0) is 15.5 Å². The summed E-state index contributed by atoms with van der Waals surface area (Å²) in [5.41, 5.74) is 0.796. The van der Waals surface area contributed by atoms with Crippen LogP contribution in [0.5, 0.6) is 5.88 Å². The number of hydrogen-bond donors (Lipinski definition) is 0. The molecule has 0 bridgehead atoms. The van der Waals surface area contributed by atoms with E-state index in [2.05, 4.69) is 15.0 Å². The number of aromatic nitrogens is 3. The minimum absolute atomic E-state index is 0.115. The maximum Gasteiger partial charge on any atom is 0.338 e. The molecule has 128 valence electrons. The number of esters is 1. The lowest BCUT2D eigenvalue weighted by atomic mass is 10.1. The summed E-state index contributed by atoms with van der Waals surface area (Å²) in [5, 5.41) is 0.671. The number of methoxy groups -OCH3 is 1.